The van der Waals surface area contributed by atoms with E-state index in [4.69, 9.17) is 9.15 Å². The van der Waals surface area contributed by atoms with Crippen LogP contribution in [0.15, 0.2) is 33.9 Å². The second-order valence-electron chi connectivity index (χ2n) is 4.18. The van der Waals surface area contributed by atoms with Crippen molar-refractivity contribution in [3.05, 3.63) is 46.3 Å². The van der Waals surface area contributed by atoms with Crippen LogP contribution in [0.25, 0.3) is 0 Å². The van der Waals surface area contributed by atoms with E-state index in [-0.39, 0.29) is 5.56 Å². The van der Waals surface area contributed by atoms with Crippen molar-refractivity contribution in [2.45, 2.75) is 20.0 Å². The highest BCUT2D eigenvalue weighted by Crippen LogP contribution is 2.03. The van der Waals surface area contributed by atoms with E-state index in [0.717, 1.165) is 5.56 Å². The lowest BCUT2D eigenvalue weighted by Crippen LogP contribution is -2.28. The molecule has 0 fully saturated rings. The van der Waals surface area contributed by atoms with Gasteiger partial charge in [0, 0.05) is 37.0 Å². The summed E-state index contributed by atoms with van der Waals surface area (Å²) in [7, 11) is 1.51. The summed E-state index contributed by atoms with van der Waals surface area (Å²) >= 11 is 0. The Bertz CT molecular complexity index is 575. The fourth-order valence-corrected chi connectivity index (χ4v) is 1.77. The molecule has 0 aliphatic rings. The second-order valence-corrected chi connectivity index (χ2v) is 4.18. The third kappa shape index (κ3) is 3.45. The van der Waals surface area contributed by atoms with E-state index in [1.807, 2.05) is 6.07 Å². The van der Waals surface area contributed by atoms with Gasteiger partial charge in [-0.3, -0.25) is 9.36 Å². The Morgan fingerprint density at radius 1 is 1.53 bits per heavy atom. The molecule has 0 aliphatic heterocycles. The Labute approximate surface area is 111 Å². The van der Waals surface area contributed by atoms with Crippen LogP contribution in [0.1, 0.15) is 11.3 Å². The van der Waals surface area contributed by atoms with Crippen LogP contribution in [0.2, 0.25) is 0 Å². The van der Waals surface area contributed by atoms with Crippen LogP contribution in [-0.4, -0.2) is 23.2 Å². The number of ether oxygens (including phenoxy) is 1. The van der Waals surface area contributed by atoms with Crippen molar-refractivity contribution in [1.82, 2.24) is 14.9 Å². The van der Waals surface area contributed by atoms with Gasteiger partial charge in [-0.2, -0.15) is 0 Å². The van der Waals surface area contributed by atoms with Crippen LogP contribution >= 0.6 is 0 Å². The number of aryl methyl sites for hydroxylation is 1. The fourth-order valence-electron chi connectivity index (χ4n) is 1.77. The monoisotopic (exact) mass is 263 g/mol. The first-order valence-corrected chi connectivity index (χ1v) is 6.05. The van der Waals surface area contributed by atoms with Gasteiger partial charge < -0.3 is 14.5 Å². The lowest BCUT2D eigenvalue weighted by atomic mass is 10.3. The molecule has 0 atom stereocenters. The summed E-state index contributed by atoms with van der Waals surface area (Å²) in [5.74, 6) is 0. The standard InChI is InChI=1S/C13H17N3O3/c1-10-7-12(17)16(13(15-10)18-2)5-4-14-8-11-3-6-19-9-11/h3,6-7,9,14H,4-5,8H2,1-2H3. The topological polar surface area (TPSA) is 69.3 Å². The maximum absolute atomic E-state index is 11.8. The first-order valence-electron chi connectivity index (χ1n) is 6.05. The van der Waals surface area contributed by atoms with E-state index < -0.39 is 0 Å². The number of furan rings is 1. The van der Waals surface area contributed by atoms with Crippen molar-refractivity contribution >= 4 is 0 Å². The minimum absolute atomic E-state index is 0.102. The number of hydrogen-bond donors (Lipinski definition) is 1. The molecule has 0 saturated carbocycles. The minimum Gasteiger partial charge on any atom is -0.472 e. The minimum atomic E-state index is -0.102. The van der Waals surface area contributed by atoms with E-state index in [9.17, 15) is 4.79 Å². The number of rotatable bonds is 6. The van der Waals surface area contributed by atoms with Crippen LogP contribution in [0.4, 0.5) is 0 Å². The molecule has 102 valence electrons. The molecule has 0 radical (unpaired) electrons. The smallest absolute Gasteiger partial charge is 0.299 e. The zero-order valence-electron chi connectivity index (χ0n) is 11.0. The van der Waals surface area contributed by atoms with Crippen LogP contribution < -0.4 is 15.6 Å². The highest BCUT2D eigenvalue weighted by atomic mass is 16.5. The normalized spacial score (nSPS) is 10.6. The van der Waals surface area contributed by atoms with E-state index in [2.05, 4.69) is 10.3 Å². The molecule has 0 spiro atoms. The number of methoxy groups -OCH3 is 1. The van der Waals surface area contributed by atoms with Gasteiger partial charge in [-0.05, 0) is 13.0 Å². The van der Waals surface area contributed by atoms with Gasteiger partial charge in [-0.1, -0.05) is 0 Å². The number of nitrogens with zero attached hydrogens (tertiary/aromatic N) is 2. The highest BCUT2D eigenvalue weighted by Gasteiger charge is 2.06. The van der Waals surface area contributed by atoms with Crippen molar-refractivity contribution in [2.24, 2.45) is 0 Å². The van der Waals surface area contributed by atoms with Gasteiger partial charge in [0.2, 0.25) is 0 Å². The van der Waals surface area contributed by atoms with E-state index in [1.165, 1.54) is 17.7 Å². The van der Waals surface area contributed by atoms with Crippen molar-refractivity contribution in [2.75, 3.05) is 13.7 Å². The molecule has 2 rings (SSSR count). The molecule has 2 aromatic heterocycles. The maximum Gasteiger partial charge on any atom is 0.299 e. The Morgan fingerprint density at radius 2 is 2.37 bits per heavy atom. The van der Waals surface area contributed by atoms with Crippen LogP contribution in [0.5, 0.6) is 6.01 Å². The van der Waals surface area contributed by atoms with Crippen LogP contribution in [0.3, 0.4) is 0 Å². The maximum atomic E-state index is 11.8. The predicted octanol–water partition coefficient (Wildman–Crippen LogP) is 0.943. The van der Waals surface area contributed by atoms with E-state index in [0.29, 0.717) is 31.3 Å². The average Bonchev–Trinajstić information content (AvgIpc) is 2.89. The lowest BCUT2D eigenvalue weighted by Gasteiger charge is -2.11. The molecule has 0 aliphatic carbocycles. The molecular weight excluding hydrogens is 246 g/mol. The first kappa shape index (κ1) is 13.4. The summed E-state index contributed by atoms with van der Waals surface area (Å²) < 4.78 is 11.6. The van der Waals surface area contributed by atoms with Crippen molar-refractivity contribution in [3.63, 3.8) is 0 Å². The number of aromatic nitrogens is 2. The van der Waals surface area contributed by atoms with Gasteiger partial charge in [-0.15, -0.1) is 0 Å². The molecule has 2 aromatic rings. The number of nitrogens with one attached hydrogen (secondary N) is 1. The molecule has 0 amide bonds. The molecule has 1 N–H and O–H groups in total. The molecule has 0 aromatic carbocycles. The molecule has 2 heterocycles. The van der Waals surface area contributed by atoms with Crippen molar-refractivity contribution < 1.29 is 9.15 Å². The first-order chi connectivity index (χ1) is 9.20. The average molecular weight is 263 g/mol. The summed E-state index contributed by atoms with van der Waals surface area (Å²) in [6, 6.07) is 3.74. The molecule has 6 heteroatoms. The third-order valence-corrected chi connectivity index (χ3v) is 2.71. The summed E-state index contributed by atoms with van der Waals surface area (Å²) in [5.41, 5.74) is 1.63. The van der Waals surface area contributed by atoms with Crippen molar-refractivity contribution in [1.29, 1.82) is 0 Å². The molecule has 0 unspecified atom stereocenters. The van der Waals surface area contributed by atoms with Gasteiger partial charge in [0.1, 0.15) is 0 Å². The molecule has 0 bridgehead atoms. The van der Waals surface area contributed by atoms with E-state index in [1.54, 1.807) is 19.5 Å². The zero-order chi connectivity index (χ0) is 13.7. The highest BCUT2D eigenvalue weighted by molar-refractivity contribution is 5.07. The number of hydrogen-bond acceptors (Lipinski definition) is 5. The quantitative estimate of drug-likeness (QED) is 0.786. The molecular formula is C13H17N3O3. The van der Waals surface area contributed by atoms with Crippen molar-refractivity contribution in [3.8, 4) is 6.01 Å². The zero-order valence-corrected chi connectivity index (χ0v) is 11.0. The SMILES string of the molecule is COc1nc(C)cc(=O)n1CCNCc1ccoc1. The lowest BCUT2D eigenvalue weighted by molar-refractivity contribution is 0.342. The summed E-state index contributed by atoms with van der Waals surface area (Å²) in [6.07, 6.45) is 3.32. The molecule has 0 saturated heterocycles. The third-order valence-electron chi connectivity index (χ3n) is 2.71. The summed E-state index contributed by atoms with van der Waals surface area (Å²) in [4.78, 5) is 16.0. The Kier molecular flexibility index (Phi) is 4.35. The van der Waals surface area contributed by atoms with E-state index >= 15 is 0 Å². The second kappa shape index (κ2) is 6.19. The van der Waals surface area contributed by atoms with Gasteiger partial charge in [0.15, 0.2) is 0 Å². The summed E-state index contributed by atoms with van der Waals surface area (Å²) in [5, 5.41) is 3.23. The van der Waals surface area contributed by atoms with Gasteiger partial charge in [0.25, 0.3) is 11.6 Å². The van der Waals surface area contributed by atoms with Crippen LogP contribution in [0, 0.1) is 6.92 Å². The Morgan fingerprint density at radius 3 is 3.05 bits per heavy atom. The summed E-state index contributed by atoms with van der Waals surface area (Å²) in [6.45, 7) is 3.62. The van der Waals surface area contributed by atoms with Crippen LogP contribution in [-0.2, 0) is 13.1 Å². The largest absolute Gasteiger partial charge is 0.472 e. The van der Waals surface area contributed by atoms with Gasteiger partial charge in [0.05, 0.1) is 19.6 Å². The Balaban J connectivity index is 1.94. The van der Waals surface area contributed by atoms with Gasteiger partial charge >= 0.3 is 0 Å². The fraction of sp³-hybridized carbons (Fsp3) is 0.385. The van der Waals surface area contributed by atoms with Gasteiger partial charge in [-0.25, -0.2) is 4.98 Å². The molecule has 6 nitrogen and oxygen atoms in total. The molecule has 19 heavy (non-hydrogen) atoms. The Hall–Kier alpha value is -2.08. The predicted molar refractivity (Wildman–Crippen MR) is 70.2 cm³/mol.